The summed E-state index contributed by atoms with van der Waals surface area (Å²) in [7, 11) is 0. The summed E-state index contributed by atoms with van der Waals surface area (Å²) in [6, 6.07) is 11.9. The summed E-state index contributed by atoms with van der Waals surface area (Å²) in [5.41, 5.74) is 2.30. The van der Waals surface area contributed by atoms with E-state index in [1.54, 1.807) is 18.4 Å². The van der Waals surface area contributed by atoms with Crippen molar-refractivity contribution in [2.45, 2.75) is 26.7 Å². The first-order valence-electron chi connectivity index (χ1n) is 9.93. The van der Waals surface area contributed by atoms with Gasteiger partial charge in [0, 0.05) is 30.7 Å². The standard InChI is InChI=1S/C22H26N4O3S/c1-3-26(18-8-5-4-6-9-18)12-7-11-23-20(27)14-17-15-30-22(24-17)25-21(28)19-10-13-29-16(19)2/h4-6,8-10,13,15H,3,7,11-12,14H2,1-2H3,(H,23,27)(H,24,25,28). The van der Waals surface area contributed by atoms with E-state index in [9.17, 15) is 9.59 Å². The van der Waals surface area contributed by atoms with Crippen LogP contribution in [0.25, 0.3) is 0 Å². The summed E-state index contributed by atoms with van der Waals surface area (Å²) in [5.74, 6) is 0.203. The lowest BCUT2D eigenvalue weighted by Crippen LogP contribution is -2.30. The number of hydrogen-bond donors (Lipinski definition) is 2. The van der Waals surface area contributed by atoms with Crippen molar-refractivity contribution in [1.29, 1.82) is 0 Å². The highest BCUT2D eigenvalue weighted by Crippen LogP contribution is 2.18. The summed E-state index contributed by atoms with van der Waals surface area (Å²) in [4.78, 5) is 31.0. The molecular weight excluding hydrogens is 400 g/mol. The van der Waals surface area contributed by atoms with Gasteiger partial charge in [0.2, 0.25) is 5.91 Å². The molecule has 1 aromatic carbocycles. The Morgan fingerprint density at radius 3 is 2.70 bits per heavy atom. The molecule has 7 nitrogen and oxygen atoms in total. The number of anilines is 2. The van der Waals surface area contributed by atoms with Crippen molar-refractivity contribution in [3.8, 4) is 0 Å². The number of furan rings is 1. The van der Waals surface area contributed by atoms with Crippen LogP contribution in [0.15, 0.2) is 52.5 Å². The van der Waals surface area contributed by atoms with Gasteiger partial charge in [-0.05, 0) is 38.5 Å². The van der Waals surface area contributed by atoms with Gasteiger partial charge in [-0.1, -0.05) is 18.2 Å². The minimum atomic E-state index is -0.273. The molecule has 3 rings (SSSR count). The molecule has 0 fully saturated rings. The van der Waals surface area contributed by atoms with Gasteiger partial charge >= 0.3 is 0 Å². The fraction of sp³-hybridized carbons (Fsp3) is 0.318. The molecule has 2 aromatic heterocycles. The molecule has 0 atom stereocenters. The Morgan fingerprint density at radius 1 is 1.20 bits per heavy atom. The molecule has 0 radical (unpaired) electrons. The summed E-state index contributed by atoms with van der Waals surface area (Å²) in [6.45, 7) is 6.25. The van der Waals surface area contributed by atoms with Gasteiger partial charge in [-0.25, -0.2) is 4.98 Å². The largest absolute Gasteiger partial charge is 0.469 e. The number of nitrogens with zero attached hydrogens (tertiary/aromatic N) is 2. The number of para-hydroxylation sites is 1. The maximum atomic E-state index is 12.2. The number of carbonyl (C=O) groups is 2. The van der Waals surface area contributed by atoms with Gasteiger partial charge in [-0.3, -0.25) is 14.9 Å². The Hall–Kier alpha value is -3.13. The zero-order valence-electron chi connectivity index (χ0n) is 17.2. The van der Waals surface area contributed by atoms with Crippen LogP contribution in [0.5, 0.6) is 0 Å². The van der Waals surface area contributed by atoms with Gasteiger partial charge in [0.1, 0.15) is 5.76 Å². The summed E-state index contributed by atoms with van der Waals surface area (Å²) in [6.07, 6.45) is 2.52. The van der Waals surface area contributed by atoms with Gasteiger partial charge < -0.3 is 14.6 Å². The minimum Gasteiger partial charge on any atom is -0.469 e. The third kappa shape index (κ3) is 5.93. The topological polar surface area (TPSA) is 87.5 Å². The van der Waals surface area contributed by atoms with Crippen molar-refractivity contribution in [1.82, 2.24) is 10.3 Å². The maximum absolute atomic E-state index is 12.2. The van der Waals surface area contributed by atoms with E-state index in [-0.39, 0.29) is 18.2 Å². The van der Waals surface area contributed by atoms with Crippen LogP contribution in [0.2, 0.25) is 0 Å². The van der Waals surface area contributed by atoms with Crippen LogP contribution in [0.1, 0.15) is 35.2 Å². The Bertz CT molecular complexity index is 968. The van der Waals surface area contributed by atoms with Crippen molar-refractivity contribution >= 4 is 34.0 Å². The summed E-state index contributed by atoms with van der Waals surface area (Å²) < 4.78 is 5.14. The first kappa shape index (κ1) is 21.6. The average Bonchev–Trinajstić information content (AvgIpc) is 3.37. The molecule has 0 spiro atoms. The lowest BCUT2D eigenvalue weighted by atomic mass is 10.2. The van der Waals surface area contributed by atoms with Crippen LogP contribution in [0.4, 0.5) is 10.8 Å². The van der Waals surface area contributed by atoms with E-state index in [2.05, 4.69) is 39.6 Å². The molecule has 0 saturated heterocycles. The zero-order chi connectivity index (χ0) is 21.3. The predicted molar refractivity (Wildman–Crippen MR) is 119 cm³/mol. The second-order valence-corrected chi connectivity index (χ2v) is 7.64. The van der Waals surface area contributed by atoms with Gasteiger partial charge in [0.15, 0.2) is 5.13 Å². The van der Waals surface area contributed by atoms with Crippen molar-refractivity contribution in [3.05, 3.63) is 65.1 Å². The molecule has 0 saturated carbocycles. The molecule has 8 heteroatoms. The molecule has 3 aromatic rings. The number of carbonyl (C=O) groups excluding carboxylic acids is 2. The Labute approximate surface area is 180 Å². The molecule has 2 heterocycles. The Kier molecular flexibility index (Phi) is 7.62. The van der Waals surface area contributed by atoms with E-state index in [1.165, 1.54) is 23.3 Å². The minimum absolute atomic E-state index is 0.0772. The highest BCUT2D eigenvalue weighted by molar-refractivity contribution is 7.14. The third-order valence-corrected chi connectivity index (χ3v) is 5.45. The number of benzene rings is 1. The summed E-state index contributed by atoms with van der Waals surface area (Å²) >= 11 is 1.30. The SMILES string of the molecule is CCN(CCCNC(=O)Cc1csc(NC(=O)c2ccoc2C)n1)c1ccccc1. The van der Waals surface area contributed by atoms with E-state index in [1.807, 2.05) is 18.2 Å². The van der Waals surface area contributed by atoms with Gasteiger partial charge in [0.05, 0.1) is 23.9 Å². The van der Waals surface area contributed by atoms with E-state index in [4.69, 9.17) is 4.42 Å². The van der Waals surface area contributed by atoms with Crippen molar-refractivity contribution in [2.75, 3.05) is 29.9 Å². The van der Waals surface area contributed by atoms with Gasteiger partial charge in [-0.15, -0.1) is 11.3 Å². The molecule has 158 valence electrons. The molecule has 0 aliphatic heterocycles. The molecule has 2 N–H and O–H groups in total. The van der Waals surface area contributed by atoms with Crippen molar-refractivity contribution in [3.63, 3.8) is 0 Å². The second kappa shape index (κ2) is 10.6. The number of amides is 2. The lowest BCUT2D eigenvalue weighted by Gasteiger charge is -2.23. The molecule has 0 unspecified atom stereocenters. The van der Waals surface area contributed by atoms with Crippen LogP contribution in [0.3, 0.4) is 0 Å². The lowest BCUT2D eigenvalue weighted by molar-refractivity contribution is -0.120. The molecule has 0 aliphatic carbocycles. The number of hydrogen-bond acceptors (Lipinski definition) is 6. The quantitative estimate of drug-likeness (QED) is 0.481. The van der Waals surface area contributed by atoms with Gasteiger partial charge in [0.25, 0.3) is 5.91 Å². The molecule has 0 aliphatic rings. The smallest absolute Gasteiger partial charge is 0.260 e. The molecule has 0 bridgehead atoms. The molecule has 2 amide bonds. The highest BCUT2D eigenvalue weighted by atomic mass is 32.1. The molecule has 30 heavy (non-hydrogen) atoms. The number of aromatic nitrogens is 1. The van der Waals surface area contributed by atoms with E-state index >= 15 is 0 Å². The fourth-order valence-electron chi connectivity index (χ4n) is 3.06. The fourth-order valence-corrected chi connectivity index (χ4v) is 3.77. The van der Waals surface area contributed by atoms with Crippen LogP contribution in [-0.4, -0.2) is 36.4 Å². The first-order chi connectivity index (χ1) is 14.6. The maximum Gasteiger partial charge on any atom is 0.260 e. The summed E-state index contributed by atoms with van der Waals surface area (Å²) in [5, 5.41) is 7.92. The van der Waals surface area contributed by atoms with E-state index in [0.29, 0.717) is 28.7 Å². The van der Waals surface area contributed by atoms with E-state index in [0.717, 1.165) is 19.5 Å². The number of thiazole rings is 1. The normalized spacial score (nSPS) is 10.6. The molecular formula is C22H26N4O3S. The zero-order valence-corrected chi connectivity index (χ0v) is 18.0. The first-order valence-corrected chi connectivity index (χ1v) is 10.8. The number of nitrogens with one attached hydrogen (secondary N) is 2. The monoisotopic (exact) mass is 426 g/mol. The Morgan fingerprint density at radius 2 is 2.00 bits per heavy atom. The third-order valence-electron chi connectivity index (χ3n) is 4.65. The van der Waals surface area contributed by atoms with Crippen LogP contribution in [0, 0.1) is 6.92 Å². The average molecular weight is 427 g/mol. The Balaban J connectivity index is 1.40. The number of aryl methyl sites for hydroxylation is 1. The highest BCUT2D eigenvalue weighted by Gasteiger charge is 2.14. The van der Waals surface area contributed by atoms with Crippen molar-refractivity contribution in [2.24, 2.45) is 0 Å². The van der Waals surface area contributed by atoms with Crippen LogP contribution in [-0.2, 0) is 11.2 Å². The van der Waals surface area contributed by atoms with Crippen LogP contribution < -0.4 is 15.5 Å². The van der Waals surface area contributed by atoms with Crippen molar-refractivity contribution < 1.29 is 14.0 Å². The van der Waals surface area contributed by atoms with Gasteiger partial charge in [-0.2, -0.15) is 0 Å². The number of rotatable bonds is 10. The van der Waals surface area contributed by atoms with Crippen LogP contribution >= 0.6 is 11.3 Å². The second-order valence-electron chi connectivity index (χ2n) is 6.78. The predicted octanol–water partition coefficient (Wildman–Crippen LogP) is 3.87. The van der Waals surface area contributed by atoms with E-state index < -0.39 is 0 Å².